The number of benzene rings is 2. The predicted molar refractivity (Wildman–Crippen MR) is 113 cm³/mol. The molecule has 0 bridgehead atoms. The van der Waals surface area contributed by atoms with Crippen molar-refractivity contribution in [3.63, 3.8) is 0 Å². The molecule has 2 aromatic carbocycles. The lowest BCUT2D eigenvalue weighted by Crippen LogP contribution is -2.49. The third kappa shape index (κ3) is 4.27. The summed E-state index contributed by atoms with van der Waals surface area (Å²) < 4.78 is 16.1. The fraction of sp³-hybridized carbons (Fsp3) is 0.364. The Balaban J connectivity index is 1.27. The smallest absolute Gasteiger partial charge is 0.263 e. The third-order valence-electron chi connectivity index (χ3n) is 5.24. The van der Waals surface area contributed by atoms with E-state index in [1.165, 1.54) is 0 Å². The number of carbonyl (C=O) groups is 1. The number of amides is 1. The van der Waals surface area contributed by atoms with Gasteiger partial charge in [-0.15, -0.1) is 0 Å². The Morgan fingerprint density at radius 3 is 2.63 bits per heavy atom. The number of hydrogen-bond donors (Lipinski definition) is 0. The van der Waals surface area contributed by atoms with Crippen molar-refractivity contribution in [3.8, 4) is 17.2 Å². The van der Waals surface area contributed by atoms with Gasteiger partial charge in [0.2, 0.25) is 6.79 Å². The van der Waals surface area contributed by atoms with Gasteiger partial charge >= 0.3 is 0 Å². The van der Waals surface area contributed by atoms with Gasteiger partial charge in [0.05, 0.1) is 18.5 Å². The highest BCUT2D eigenvalue weighted by molar-refractivity contribution is 5.99. The van der Waals surface area contributed by atoms with E-state index in [2.05, 4.69) is 10.1 Å². The average Bonchev–Trinajstić information content (AvgIpc) is 3.27. The Bertz CT molecular complexity index is 938. The van der Waals surface area contributed by atoms with Crippen LogP contribution in [0.25, 0.3) is 0 Å². The summed E-state index contributed by atoms with van der Waals surface area (Å²) in [5, 5.41) is 4.09. The molecule has 1 fully saturated rings. The fourth-order valence-electron chi connectivity index (χ4n) is 3.54. The maximum absolute atomic E-state index is 12.5. The molecule has 2 heterocycles. The van der Waals surface area contributed by atoms with Crippen LogP contribution in [-0.2, 0) is 9.63 Å². The lowest BCUT2D eigenvalue weighted by molar-refractivity contribution is -0.136. The van der Waals surface area contributed by atoms with Gasteiger partial charge in [0.25, 0.3) is 5.91 Å². The van der Waals surface area contributed by atoms with E-state index >= 15 is 0 Å². The summed E-state index contributed by atoms with van der Waals surface area (Å²) in [6, 6.07) is 13.5. The SMILES string of the molecule is COc1ccccc1N1CCN(C(=O)CO/N=C(/C)c2ccc3c(c2)OCO3)CC1. The predicted octanol–water partition coefficient (Wildman–Crippen LogP) is 2.51. The average molecular weight is 411 g/mol. The van der Waals surface area contributed by atoms with Gasteiger partial charge < -0.3 is 28.8 Å². The molecule has 1 amide bonds. The molecule has 0 unspecified atom stereocenters. The molecular formula is C22H25N3O5. The van der Waals surface area contributed by atoms with Gasteiger partial charge in [0.15, 0.2) is 18.1 Å². The molecule has 0 N–H and O–H groups in total. The second kappa shape index (κ2) is 8.94. The monoisotopic (exact) mass is 411 g/mol. The van der Waals surface area contributed by atoms with Crippen LogP contribution in [0.1, 0.15) is 12.5 Å². The van der Waals surface area contributed by atoms with Gasteiger partial charge in [-0.25, -0.2) is 0 Å². The van der Waals surface area contributed by atoms with Crippen LogP contribution < -0.4 is 19.1 Å². The first-order chi connectivity index (χ1) is 14.7. The van der Waals surface area contributed by atoms with E-state index < -0.39 is 0 Å². The van der Waals surface area contributed by atoms with Crippen LogP contribution in [0.3, 0.4) is 0 Å². The van der Waals surface area contributed by atoms with E-state index in [1.54, 1.807) is 12.0 Å². The number of hydrogen-bond acceptors (Lipinski definition) is 7. The van der Waals surface area contributed by atoms with Gasteiger partial charge in [-0.2, -0.15) is 0 Å². The van der Waals surface area contributed by atoms with Crippen LogP contribution in [0, 0.1) is 0 Å². The highest BCUT2D eigenvalue weighted by atomic mass is 16.7. The van der Waals surface area contributed by atoms with Gasteiger partial charge in [0.1, 0.15) is 5.75 Å². The molecule has 8 heteroatoms. The van der Waals surface area contributed by atoms with Crippen molar-refractivity contribution in [2.75, 3.05) is 51.6 Å². The van der Waals surface area contributed by atoms with E-state index in [0.717, 1.165) is 35.8 Å². The Morgan fingerprint density at radius 2 is 1.83 bits per heavy atom. The standard InChI is InChI=1S/C22H25N3O5/c1-16(17-7-8-20-21(13-17)29-15-28-20)23-30-14-22(26)25-11-9-24(10-12-25)18-5-3-4-6-19(18)27-2/h3-8,13H,9-12,14-15H2,1-2H3/b23-16-. The Hall–Kier alpha value is -3.42. The van der Waals surface area contributed by atoms with Gasteiger partial charge in [-0.1, -0.05) is 17.3 Å². The number of anilines is 1. The second-order valence-corrected chi connectivity index (χ2v) is 7.06. The minimum absolute atomic E-state index is 0.0723. The number of rotatable bonds is 6. The summed E-state index contributed by atoms with van der Waals surface area (Å²) in [5.41, 5.74) is 2.58. The number of nitrogens with zero attached hydrogens (tertiary/aromatic N) is 3. The molecule has 4 rings (SSSR count). The van der Waals surface area contributed by atoms with Gasteiger partial charge in [0, 0.05) is 31.7 Å². The minimum Gasteiger partial charge on any atom is -0.495 e. The van der Waals surface area contributed by atoms with E-state index in [1.807, 2.05) is 49.4 Å². The minimum atomic E-state index is -0.0868. The van der Waals surface area contributed by atoms with Gasteiger partial charge in [-0.05, 0) is 37.3 Å². The molecular weight excluding hydrogens is 386 g/mol. The Kier molecular flexibility index (Phi) is 5.92. The van der Waals surface area contributed by atoms with Gasteiger partial charge in [-0.3, -0.25) is 4.79 Å². The van der Waals surface area contributed by atoms with Crippen molar-refractivity contribution < 1.29 is 23.8 Å². The van der Waals surface area contributed by atoms with Crippen LogP contribution in [0.5, 0.6) is 17.2 Å². The molecule has 0 spiro atoms. The molecule has 2 aromatic rings. The topological polar surface area (TPSA) is 72.8 Å². The van der Waals surface area contributed by atoms with E-state index in [0.29, 0.717) is 24.6 Å². The van der Waals surface area contributed by atoms with Crippen molar-refractivity contribution in [2.24, 2.45) is 5.16 Å². The molecule has 0 atom stereocenters. The van der Waals surface area contributed by atoms with Crippen LogP contribution in [0.4, 0.5) is 5.69 Å². The first-order valence-electron chi connectivity index (χ1n) is 9.88. The molecule has 0 aliphatic carbocycles. The quantitative estimate of drug-likeness (QED) is 0.537. The summed E-state index contributed by atoms with van der Waals surface area (Å²) in [7, 11) is 1.67. The maximum Gasteiger partial charge on any atom is 0.263 e. The van der Waals surface area contributed by atoms with Crippen molar-refractivity contribution >= 4 is 17.3 Å². The van der Waals surface area contributed by atoms with Crippen LogP contribution in [-0.4, -0.2) is 63.2 Å². The summed E-state index contributed by atoms with van der Waals surface area (Å²) >= 11 is 0. The second-order valence-electron chi connectivity index (χ2n) is 7.06. The number of methoxy groups -OCH3 is 1. The number of carbonyl (C=O) groups excluding carboxylic acids is 1. The number of fused-ring (bicyclic) bond motifs is 1. The lowest BCUT2D eigenvalue weighted by atomic mass is 10.1. The summed E-state index contributed by atoms with van der Waals surface area (Å²) in [4.78, 5) is 21.8. The highest BCUT2D eigenvalue weighted by Crippen LogP contribution is 2.32. The van der Waals surface area contributed by atoms with Crippen molar-refractivity contribution in [2.45, 2.75) is 6.92 Å². The summed E-state index contributed by atoms with van der Waals surface area (Å²) in [6.45, 7) is 4.71. The van der Waals surface area contributed by atoms with Crippen molar-refractivity contribution in [1.29, 1.82) is 0 Å². The molecule has 2 aliphatic heterocycles. The zero-order valence-electron chi connectivity index (χ0n) is 17.2. The number of piperazine rings is 1. The van der Waals surface area contributed by atoms with E-state index in [4.69, 9.17) is 19.0 Å². The van der Waals surface area contributed by atoms with Crippen LogP contribution in [0.2, 0.25) is 0 Å². The summed E-state index contributed by atoms with van der Waals surface area (Å²) in [6.07, 6.45) is 0. The zero-order chi connectivity index (χ0) is 20.9. The first kappa shape index (κ1) is 19.9. The Labute approximate surface area is 175 Å². The molecule has 1 saturated heterocycles. The van der Waals surface area contributed by atoms with Crippen LogP contribution in [0.15, 0.2) is 47.6 Å². The maximum atomic E-state index is 12.5. The molecule has 8 nitrogen and oxygen atoms in total. The molecule has 0 saturated carbocycles. The summed E-state index contributed by atoms with van der Waals surface area (Å²) in [5.74, 6) is 2.17. The molecule has 0 aromatic heterocycles. The zero-order valence-corrected chi connectivity index (χ0v) is 17.2. The fourth-order valence-corrected chi connectivity index (χ4v) is 3.54. The largest absolute Gasteiger partial charge is 0.495 e. The number of oxime groups is 1. The molecule has 0 radical (unpaired) electrons. The lowest BCUT2D eigenvalue weighted by Gasteiger charge is -2.36. The van der Waals surface area contributed by atoms with E-state index in [-0.39, 0.29) is 19.3 Å². The normalized spacial score (nSPS) is 15.9. The molecule has 2 aliphatic rings. The van der Waals surface area contributed by atoms with E-state index in [9.17, 15) is 4.79 Å². The van der Waals surface area contributed by atoms with Crippen molar-refractivity contribution in [1.82, 2.24) is 4.90 Å². The molecule has 30 heavy (non-hydrogen) atoms. The first-order valence-corrected chi connectivity index (χ1v) is 9.88. The molecule has 158 valence electrons. The van der Waals surface area contributed by atoms with Crippen LogP contribution >= 0.6 is 0 Å². The number of ether oxygens (including phenoxy) is 3. The third-order valence-corrected chi connectivity index (χ3v) is 5.24. The Morgan fingerprint density at radius 1 is 1.07 bits per heavy atom. The highest BCUT2D eigenvalue weighted by Gasteiger charge is 2.23. The number of para-hydroxylation sites is 2. The van der Waals surface area contributed by atoms with Crippen molar-refractivity contribution in [3.05, 3.63) is 48.0 Å².